The minimum Gasteiger partial charge on any atom is -0.448 e. The summed E-state index contributed by atoms with van der Waals surface area (Å²) in [6.07, 6.45) is -0.812. The number of hydrogen-bond donors (Lipinski definition) is 0. The van der Waals surface area contributed by atoms with Crippen molar-refractivity contribution in [1.82, 2.24) is 4.31 Å². The van der Waals surface area contributed by atoms with E-state index in [1.165, 1.54) is 18.2 Å². The van der Waals surface area contributed by atoms with Crippen LogP contribution in [-0.4, -0.2) is 32.5 Å². The molecular formula is C8H7BF3KN2O2S. The number of aliphatic imine (C=N–C) groups is 1. The molecule has 0 aromatic heterocycles. The van der Waals surface area contributed by atoms with E-state index in [1.807, 2.05) is 0 Å². The SMILES string of the molecule is O=S1(=O)c2ccccc2N=CN1C[B-](F)(F)F.[K+]. The van der Waals surface area contributed by atoms with Gasteiger partial charge in [-0.25, -0.2) is 13.4 Å². The average Bonchev–Trinajstić information content (AvgIpc) is 2.21. The summed E-state index contributed by atoms with van der Waals surface area (Å²) in [6, 6.07) is 5.67. The van der Waals surface area contributed by atoms with Crippen molar-refractivity contribution in [2.45, 2.75) is 4.90 Å². The zero-order valence-electron chi connectivity index (χ0n) is 9.42. The molecule has 0 bridgehead atoms. The van der Waals surface area contributed by atoms with Gasteiger partial charge < -0.3 is 12.9 Å². The molecule has 1 aromatic carbocycles. The zero-order valence-corrected chi connectivity index (χ0v) is 13.4. The van der Waals surface area contributed by atoms with Crippen LogP contribution in [0.3, 0.4) is 0 Å². The molecule has 1 aliphatic rings. The molecule has 0 radical (unpaired) electrons. The van der Waals surface area contributed by atoms with Gasteiger partial charge in [0.25, 0.3) is 10.0 Å². The van der Waals surface area contributed by atoms with E-state index in [1.54, 1.807) is 6.07 Å². The van der Waals surface area contributed by atoms with Gasteiger partial charge in [0.05, 0.1) is 5.69 Å². The molecule has 0 saturated heterocycles. The summed E-state index contributed by atoms with van der Waals surface area (Å²) in [5, 5.41) is 0. The number of benzene rings is 1. The second kappa shape index (κ2) is 5.63. The van der Waals surface area contributed by atoms with Crippen LogP contribution in [0.15, 0.2) is 34.2 Å². The molecule has 0 aliphatic carbocycles. The van der Waals surface area contributed by atoms with Crippen LogP contribution in [0.5, 0.6) is 0 Å². The summed E-state index contributed by atoms with van der Waals surface area (Å²) in [4.78, 5) is 3.48. The summed E-state index contributed by atoms with van der Waals surface area (Å²) < 4.78 is 60.6. The Labute approximate surface area is 145 Å². The van der Waals surface area contributed by atoms with E-state index < -0.39 is 23.4 Å². The van der Waals surface area contributed by atoms with Crippen LogP contribution in [0.4, 0.5) is 18.6 Å². The number of halogens is 3. The molecule has 10 heteroatoms. The van der Waals surface area contributed by atoms with Gasteiger partial charge in [0, 0.05) is 6.44 Å². The molecule has 18 heavy (non-hydrogen) atoms. The van der Waals surface area contributed by atoms with Crippen molar-refractivity contribution in [2.24, 2.45) is 4.99 Å². The predicted octanol–water partition coefficient (Wildman–Crippen LogP) is -1.26. The first-order valence-electron chi connectivity index (χ1n) is 4.67. The van der Waals surface area contributed by atoms with Gasteiger partial charge in [-0.15, -0.1) is 0 Å². The zero-order chi connectivity index (χ0) is 12.7. The maximum Gasteiger partial charge on any atom is 1.00 e. The van der Waals surface area contributed by atoms with Crippen molar-refractivity contribution in [3.8, 4) is 0 Å². The third-order valence-electron chi connectivity index (χ3n) is 2.16. The van der Waals surface area contributed by atoms with Crippen molar-refractivity contribution in [2.75, 3.05) is 6.44 Å². The second-order valence-electron chi connectivity index (χ2n) is 3.50. The first-order valence-corrected chi connectivity index (χ1v) is 6.11. The Morgan fingerprint density at radius 2 is 1.83 bits per heavy atom. The van der Waals surface area contributed by atoms with Crippen LogP contribution < -0.4 is 51.4 Å². The second-order valence-corrected chi connectivity index (χ2v) is 5.36. The molecule has 0 N–H and O–H groups in total. The first-order chi connectivity index (χ1) is 7.81. The van der Waals surface area contributed by atoms with Crippen LogP contribution in [0.1, 0.15) is 0 Å². The van der Waals surface area contributed by atoms with Crippen molar-refractivity contribution in [1.29, 1.82) is 0 Å². The first kappa shape index (κ1) is 16.2. The number of rotatable bonds is 2. The molecule has 0 atom stereocenters. The fourth-order valence-electron chi connectivity index (χ4n) is 1.45. The van der Waals surface area contributed by atoms with E-state index in [4.69, 9.17) is 0 Å². The molecule has 1 heterocycles. The third-order valence-corrected chi connectivity index (χ3v) is 3.93. The van der Waals surface area contributed by atoms with E-state index in [9.17, 15) is 21.4 Å². The Hall–Kier alpha value is 0.131. The number of hydrogen-bond acceptors (Lipinski definition) is 3. The minimum absolute atomic E-state index is 0. The monoisotopic (exact) mass is 302 g/mol. The fourth-order valence-corrected chi connectivity index (χ4v) is 2.87. The summed E-state index contributed by atoms with van der Waals surface area (Å²) in [7, 11) is -4.14. The topological polar surface area (TPSA) is 49.7 Å². The van der Waals surface area contributed by atoms with Crippen LogP contribution in [0, 0.1) is 0 Å². The van der Waals surface area contributed by atoms with Gasteiger partial charge in [0.1, 0.15) is 11.2 Å². The molecule has 1 aliphatic heterocycles. The van der Waals surface area contributed by atoms with Gasteiger partial charge in [-0.3, -0.25) is 4.31 Å². The van der Waals surface area contributed by atoms with Gasteiger partial charge in [-0.05, 0) is 12.1 Å². The van der Waals surface area contributed by atoms with E-state index in [0.29, 0.717) is 6.34 Å². The molecule has 1 aromatic rings. The summed E-state index contributed by atoms with van der Waals surface area (Å²) in [5.41, 5.74) is 0.151. The Bertz CT molecular complexity index is 576. The number of para-hydroxylation sites is 1. The van der Waals surface area contributed by atoms with Crippen molar-refractivity contribution < 1.29 is 72.7 Å². The third kappa shape index (κ3) is 3.36. The summed E-state index contributed by atoms with van der Waals surface area (Å²) >= 11 is 0. The van der Waals surface area contributed by atoms with E-state index >= 15 is 0 Å². The molecule has 92 valence electrons. The smallest absolute Gasteiger partial charge is 0.448 e. The van der Waals surface area contributed by atoms with Gasteiger partial charge >= 0.3 is 58.4 Å². The average molecular weight is 302 g/mol. The van der Waals surface area contributed by atoms with Crippen LogP contribution >= 0.6 is 0 Å². The van der Waals surface area contributed by atoms with Gasteiger partial charge in [0.15, 0.2) is 0 Å². The molecule has 0 unspecified atom stereocenters. The van der Waals surface area contributed by atoms with Crippen molar-refractivity contribution in [3.05, 3.63) is 24.3 Å². The maximum atomic E-state index is 12.3. The van der Waals surface area contributed by atoms with Gasteiger partial charge in [0.2, 0.25) is 0 Å². The number of nitrogens with zero attached hydrogens (tertiary/aromatic N) is 2. The van der Waals surface area contributed by atoms with Crippen LogP contribution in [0.2, 0.25) is 0 Å². The van der Waals surface area contributed by atoms with E-state index in [-0.39, 0.29) is 66.3 Å². The Morgan fingerprint density at radius 3 is 2.44 bits per heavy atom. The Balaban J connectivity index is 0.00000162. The Kier molecular flexibility index (Phi) is 5.07. The summed E-state index contributed by atoms with van der Waals surface area (Å²) in [6.45, 7) is -5.23. The quantitative estimate of drug-likeness (QED) is 0.641. The van der Waals surface area contributed by atoms with E-state index in [2.05, 4.69) is 4.99 Å². The van der Waals surface area contributed by atoms with E-state index in [0.717, 1.165) is 0 Å². The van der Waals surface area contributed by atoms with Crippen LogP contribution in [-0.2, 0) is 10.0 Å². The molecule has 0 fully saturated rings. The normalized spacial score (nSPS) is 16.9. The van der Waals surface area contributed by atoms with Gasteiger partial charge in [-0.1, -0.05) is 12.1 Å². The Morgan fingerprint density at radius 1 is 1.22 bits per heavy atom. The molecule has 2 rings (SSSR count). The standard InChI is InChI=1S/C8H7BF3N2O2S.K/c10-9(11,12)5-14-6-13-7-3-1-2-4-8(7)17(14,15)16;/h1-4,6H,5H2;/q-1;+1. The largest absolute Gasteiger partial charge is 1.00 e. The van der Waals surface area contributed by atoms with Crippen LogP contribution in [0.25, 0.3) is 0 Å². The molecule has 0 spiro atoms. The number of fused-ring (bicyclic) bond motifs is 1. The minimum atomic E-state index is -5.23. The maximum absolute atomic E-state index is 12.3. The number of sulfonamides is 1. The molecule has 0 saturated carbocycles. The fraction of sp³-hybridized carbons (Fsp3) is 0.125. The van der Waals surface area contributed by atoms with Crippen molar-refractivity contribution in [3.63, 3.8) is 0 Å². The molecule has 4 nitrogen and oxygen atoms in total. The predicted molar refractivity (Wildman–Crippen MR) is 57.6 cm³/mol. The molecule has 0 amide bonds. The van der Waals surface area contributed by atoms with Crippen molar-refractivity contribution >= 4 is 29.0 Å². The summed E-state index contributed by atoms with van der Waals surface area (Å²) in [5.74, 6) is 0. The van der Waals surface area contributed by atoms with Gasteiger partial charge in [-0.2, -0.15) is 0 Å². The molecular weight excluding hydrogens is 295 g/mol.